The lowest BCUT2D eigenvalue weighted by Gasteiger charge is -2.19. The van der Waals surface area contributed by atoms with Crippen LogP contribution in [0, 0.1) is 0 Å². The second-order valence-electron chi connectivity index (χ2n) is 6.09. The van der Waals surface area contributed by atoms with Crippen LogP contribution < -0.4 is 18.9 Å². The summed E-state index contributed by atoms with van der Waals surface area (Å²) in [5.74, 6) is 1.92. The minimum absolute atomic E-state index is 0.0450. The van der Waals surface area contributed by atoms with Crippen LogP contribution in [0.15, 0.2) is 36.5 Å². The van der Waals surface area contributed by atoms with Crippen molar-refractivity contribution in [1.29, 1.82) is 0 Å². The number of pyridine rings is 1. The van der Waals surface area contributed by atoms with Crippen LogP contribution in [-0.2, 0) is 0 Å². The molecule has 0 aliphatic carbocycles. The maximum Gasteiger partial charge on any atom is 0.203 e. The molecule has 142 valence electrons. The predicted molar refractivity (Wildman–Crippen MR) is 104 cm³/mol. The molecule has 0 aliphatic rings. The molecule has 0 spiro atoms. The number of phenols is 1. The van der Waals surface area contributed by atoms with Gasteiger partial charge in [-0.05, 0) is 29.7 Å². The van der Waals surface area contributed by atoms with E-state index in [0.717, 1.165) is 16.5 Å². The van der Waals surface area contributed by atoms with Gasteiger partial charge in [-0.25, -0.2) is 0 Å². The molecule has 1 aromatic heterocycles. The smallest absolute Gasteiger partial charge is 0.203 e. The van der Waals surface area contributed by atoms with Crippen LogP contribution in [0.3, 0.4) is 0 Å². The molecule has 6 nitrogen and oxygen atoms in total. The average Bonchev–Trinajstić information content (AvgIpc) is 2.71. The van der Waals surface area contributed by atoms with Gasteiger partial charge >= 0.3 is 0 Å². The molecule has 6 heteroatoms. The van der Waals surface area contributed by atoms with Crippen LogP contribution in [0.2, 0.25) is 0 Å². The van der Waals surface area contributed by atoms with Gasteiger partial charge in [0.05, 0.1) is 34.1 Å². The van der Waals surface area contributed by atoms with Gasteiger partial charge in [0.25, 0.3) is 0 Å². The summed E-state index contributed by atoms with van der Waals surface area (Å²) < 4.78 is 21.4. The van der Waals surface area contributed by atoms with E-state index in [1.54, 1.807) is 26.5 Å². The largest absolute Gasteiger partial charge is 0.504 e. The molecule has 3 rings (SSSR count). The van der Waals surface area contributed by atoms with E-state index in [1.165, 1.54) is 14.2 Å². The molecule has 0 bridgehead atoms. The topological polar surface area (TPSA) is 70.0 Å². The normalized spacial score (nSPS) is 11.9. The van der Waals surface area contributed by atoms with Gasteiger partial charge in [0.2, 0.25) is 5.75 Å². The first kappa shape index (κ1) is 18.6. The third-order valence-corrected chi connectivity index (χ3v) is 4.73. The molecule has 1 N–H and O–H groups in total. The molecule has 0 radical (unpaired) electrons. The van der Waals surface area contributed by atoms with E-state index in [4.69, 9.17) is 18.9 Å². The lowest BCUT2D eigenvalue weighted by atomic mass is 9.92. The Morgan fingerprint density at radius 2 is 1.52 bits per heavy atom. The van der Waals surface area contributed by atoms with Crippen LogP contribution in [0.4, 0.5) is 0 Å². The Hall–Kier alpha value is -3.15. The van der Waals surface area contributed by atoms with E-state index in [0.29, 0.717) is 28.6 Å². The minimum atomic E-state index is -0.188. The number of benzene rings is 2. The number of rotatable bonds is 6. The quantitative estimate of drug-likeness (QED) is 0.705. The van der Waals surface area contributed by atoms with Gasteiger partial charge in [0.15, 0.2) is 23.0 Å². The zero-order valence-electron chi connectivity index (χ0n) is 16.1. The molecule has 3 aromatic rings. The van der Waals surface area contributed by atoms with Gasteiger partial charge in [-0.3, -0.25) is 4.98 Å². The number of aromatic hydroxyl groups is 1. The van der Waals surface area contributed by atoms with Crippen molar-refractivity contribution in [3.05, 3.63) is 47.8 Å². The predicted octanol–water partition coefficient (Wildman–Crippen LogP) is 4.13. The SMILES string of the molecule is COc1cc2ccnc([C@H](C)c3ccc(OC)c(OC)c3O)c2cc1OC. The highest BCUT2D eigenvalue weighted by Crippen LogP contribution is 2.44. The van der Waals surface area contributed by atoms with Crippen molar-refractivity contribution >= 4 is 10.8 Å². The lowest BCUT2D eigenvalue weighted by Crippen LogP contribution is -2.03. The van der Waals surface area contributed by atoms with Crippen LogP contribution in [0.5, 0.6) is 28.7 Å². The van der Waals surface area contributed by atoms with Crippen molar-refractivity contribution < 1.29 is 24.1 Å². The van der Waals surface area contributed by atoms with Gasteiger partial charge in [-0.15, -0.1) is 0 Å². The van der Waals surface area contributed by atoms with Crippen molar-refractivity contribution in [2.45, 2.75) is 12.8 Å². The van der Waals surface area contributed by atoms with E-state index in [1.807, 2.05) is 31.2 Å². The molecular formula is C21H23NO5. The Balaban J connectivity index is 2.18. The fraction of sp³-hybridized carbons (Fsp3) is 0.286. The molecule has 27 heavy (non-hydrogen) atoms. The highest BCUT2D eigenvalue weighted by molar-refractivity contribution is 5.88. The Bertz CT molecular complexity index is 970. The number of fused-ring (bicyclic) bond motifs is 1. The first-order valence-corrected chi connectivity index (χ1v) is 8.50. The molecule has 2 aromatic carbocycles. The first-order chi connectivity index (χ1) is 13.0. The van der Waals surface area contributed by atoms with Gasteiger partial charge in [-0.2, -0.15) is 0 Å². The molecule has 0 unspecified atom stereocenters. The zero-order chi connectivity index (χ0) is 19.6. The van der Waals surface area contributed by atoms with Crippen LogP contribution >= 0.6 is 0 Å². The molecule has 0 saturated carbocycles. The molecule has 1 atom stereocenters. The monoisotopic (exact) mass is 369 g/mol. The Morgan fingerprint density at radius 3 is 2.15 bits per heavy atom. The van der Waals surface area contributed by atoms with Crippen molar-refractivity contribution in [3.8, 4) is 28.7 Å². The average molecular weight is 369 g/mol. The Kier molecular flexibility index (Phi) is 5.26. The third kappa shape index (κ3) is 3.18. The number of hydrogen-bond acceptors (Lipinski definition) is 6. The van der Waals surface area contributed by atoms with E-state index in [2.05, 4.69) is 4.98 Å². The molecule has 0 amide bonds. The Labute approximate surface area is 158 Å². The van der Waals surface area contributed by atoms with Crippen molar-refractivity contribution in [2.75, 3.05) is 28.4 Å². The standard InChI is InChI=1S/C21H23NO5/c1-12(14-6-7-16(24-2)21(27-5)20(14)23)19-15-11-18(26-4)17(25-3)10-13(15)8-9-22-19/h6-12,23H,1-5H3/t12-/m1/s1. The zero-order valence-corrected chi connectivity index (χ0v) is 16.1. The number of ether oxygens (including phenoxy) is 4. The van der Waals surface area contributed by atoms with E-state index >= 15 is 0 Å². The summed E-state index contributed by atoms with van der Waals surface area (Å²) in [5.41, 5.74) is 1.51. The number of phenolic OH excluding ortho intramolecular Hbond substituents is 1. The highest BCUT2D eigenvalue weighted by atomic mass is 16.5. The van der Waals surface area contributed by atoms with Crippen molar-refractivity contribution in [2.24, 2.45) is 0 Å². The summed E-state index contributed by atoms with van der Waals surface area (Å²) in [5, 5.41) is 12.6. The second-order valence-corrected chi connectivity index (χ2v) is 6.09. The number of hydrogen-bond donors (Lipinski definition) is 1. The van der Waals surface area contributed by atoms with Gasteiger partial charge in [0, 0.05) is 23.1 Å². The van der Waals surface area contributed by atoms with Crippen molar-refractivity contribution in [3.63, 3.8) is 0 Å². The fourth-order valence-electron chi connectivity index (χ4n) is 3.29. The van der Waals surface area contributed by atoms with E-state index in [9.17, 15) is 5.11 Å². The summed E-state index contributed by atoms with van der Waals surface area (Å²) in [6, 6.07) is 9.34. The summed E-state index contributed by atoms with van der Waals surface area (Å²) >= 11 is 0. The van der Waals surface area contributed by atoms with Crippen LogP contribution in [0.25, 0.3) is 10.8 Å². The van der Waals surface area contributed by atoms with Gasteiger partial charge < -0.3 is 24.1 Å². The first-order valence-electron chi connectivity index (χ1n) is 8.50. The Morgan fingerprint density at radius 1 is 0.852 bits per heavy atom. The molecule has 1 heterocycles. The lowest BCUT2D eigenvalue weighted by molar-refractivity contribution is 0.331. The summed E-state index contributed by atoms with van der Waals surface area (Å²) in [4.78, 5) is 4.57. The fourth-order valence-corrected chi connectivity index (χ4v) is 3.29. The minimum Gasteiger partial charge on any atom is -0.504 e. The summed E-state index contributed by atoms with van der Waals surface area (Å²) in [7, 11) is 6.24. The van der Waals surface area contributed by atoms with E-state index in [-0.39, 0.29) is 11.7 Å². The van der Waals surface area contributed by atoms with Crippen LogP contribution in [0.1, 0.15) is 24.1 Å². The van der Waals surface area contributed by atoms with Gasteiger partial charge in [-0.1, -0.05) is 13.0 Å². The maximum atomic E-state index is 10.7. The summed E-state index contributed by atoms with van der Waals surface area (Å²) in [6.07, 6.45) is 1.75. The maximum absolute atomic E-state index is 10.7. The van der Waals surface area contributed by atoms with Gasteiger partial charge in [0.1, 0.15) is 0 Å². The molecule has 0 aliphatic heterocycles. The summed E-state index contributed by atoms with van der Waals surface area (Å²) in [6.45, 7) is 1.99. The molecule has 0 fully saturated rings. The molecular weight excluding hydrogens is 346 g/mol. The number of nitrogens with zero attached hydrogens (tertiary/aromatic N) is 1. The number of methoxy groups -OCH3 is 4. The third-order valence-electron chi connectivity index (χ3n) is 4.73. The second kappa shape index (κ2) is 7.61. The number of aromatic nitrogens is 1. The van der Waals surface area contributed by atoms with E-state index < -0.39 is 0 Å². The van der Waals surface area contributed by atoms with Crippen molar-refractivity contribution in [1.82, 2.24) is 4.98 Å². The molecule has 0 saturated heterocycles. The van der Waals surface area contributed by atoms with Crippen LogP contribution in [-0.4, -0.2) is 38.5 Å². The highest BCUT2D eigenvalue weighted by Gasteiger charge is 2.22.